The van der Waals surface area contributed by atoms with Gasteiger partial charge in [-0.15, -0.1) is 11.3 Å². The van der Waals surface area contributed by atoms with Crippen LogP contribution < -0.4 is 5.32 Å². The first-order valence-corrected chi connectivity index (χ1v) is 4.72. The van der Waals surface area contributed by atoms with Crippen molar-refractivity contribution in [2.75, 3.05) is 11.2 Å². The van der Waals surface area contributed by atoms with Crippen LogP contribution in [0, 0.1) is 0 Å². The molecule has 1 nitrogen and oxygen atoms in total. The highest BCUT2D eigenvalue weighted by atomic mass is 79.9. The summed E-state index contributed by atoms with van der Waals surface area (Å²) in [6, 6.07) is 2.03. The van der Waals surface area contributed by atoms with E-state index in [1.165, 1.54) is 0 Å². The van der Waals surface area contributed by atoms with Gasteiger partial charge in [-0.05, 0) is 22.0 Å². The van der Waals surface area contributed by atoms with Crippen molar-refractivity contribution >= 4 is 44.9 Å². The molecule has 0 aromatic carbocycles. The third-order valence-electron chi connectivity index (χ3n) is 0.821. The summed E-state index contributed by atoms with van der Waals surface area (Å²) in [7, 11) is 0. The monoisotopic (exact) mass is 223 g/mol. The molecule has 0 aliphatic rings. The van der Waals surface area contributed by atoms with Crippen LogP contribution in [0.1, 0.15) is 0 Å². The van der Waals surface area contributed by atoms with Gasteiger partial charge in [0.2, 0.25) is 0 Å². The number of rotatable bonds is 2. The zero-order valence-electron chi connectivity index (χ0n) is 4.60. The van der Waals surface area contributed by atoms with Crippen molar-refractivity contribution in [2.24, 2.45) is 0 Å². The molecule has 9 heavy (non-hydrogen) atoms. The minimum Gasteiger partial charge on any atom is -0.368 e. The summed E-state index contributed by atoms with van der Waals surface area (Å²) in [5.74, 6) is 0.687. The Morgan fingerprint density at radius 2 is 2.56 bits per heavy atom. The second-order valence-corrected chi connectivity index (χ2v) is 3.61. The molecule has 0 fully saturated rings. The number of nitrogens with one attached hydrogen (secondary N) is 1. The summed E-state index contributed by atoms with van der Waals surface area (Å²) in [6.07, 6.45) is 0. The smallest absolute Gasteiger partial charge is 0.0900 e. The molecule has 0 saturated carbocycles. The summed E-state index contributed by atoms with van der Waals surface area (Å²) in [5, 5.41) is 6.26. The van der Waals surface area contributed by atoms with Gasteiger partial charge < -0.3 is 5.32 Å². The molecule has 0 radical (unpaired) electrons. The van der Waals surface area contributed by atoms with Gasteiger partial charge in [0.1, 0.15) is 0 Å². The number of thiol groups is 1. The van der Waals surface area contributed by atoms with Gasteiger partial charge in [0.15, 0.2) is 0 Å². The molecule has 1 N–H and O–H groups in total. The van der Waals surface area contributed by atoms with Crippen molar-refractivity contribution in [1.82, 2.24) is 0 Å². The van der Waals surface area contributed by atoms with E-state index in [-0.39, 0.29) is 0 Å². The molecular weight excluding hydrogens is 218 g/mol. The highest BCUT2D eigenvalue weighted by Gasteiger charge is 1.92. The maximum atomic E-state index is 4.02. The summed E-state index contributed by atoms with van der Waals surface area (Å²) < 4.78 is 1.12. The number of hydrogen-bond acceptors (Lipinski definition) is 3. The van der Waals surface area contributed by atoms with E-state index in [1.807, 2.05) is 11.4 Å². The Morgan fingerprint density at radius 3 is 3.00 bits per heavy atom. The Balaban J connectivity index is 2.61. The van der Waals surface area contributed by atoms with Gasteiger partial charge in [0, 0.05) is 9.85 Å². The Morgan fingerprint density at radius 1 is 1.78 bits per heavy atom. The van der Waals surface area contributed by atoms with E-state index in [0.717, 1.165) is 9.47 Å². The predicted octanol–water partition coefficient (Wildman–Crippen LogP) is 2.81. The molecule has 0 atom stereocenters. The van der Waals surface area contributed by atoms with Crippen molar-refractivity contribution < 1.29 is 0 Å². The van der Waals surface area contributed by atoms with Crippen molar-refractivity contribution in [2.45, 2.75) is 0 Å². The average molecular weight is 224 g/mol. The van der Waals surface area contributed by atoms with E-state index >= 15 is 0 Å². The zero-order chi connectivity index (χ0) is 6.69. The first-order valence-electron chi connectivity index (χ1n) is 2.41. The molecule has 1 aromatic heterocycles. The Hall–Kier alpha value is 0.330. The first kappa shape index (κ1) is 7.44. The molecule has 0 spiro atoms. The molecule has 0 amide bonds. The second-order valence-electron chi connectivity index (χ2n) is 1.46. The number of halogens is 1. The standard InChI is InChI=1S/C5H6BrNS2/c6-4-1-5(7-3-8)9-2-4/h1-2,7-8H,3H2. The van der Waals surface area contributed by atoms with Gasteiger partial charge in [-0.1, -0.05) is 0 Å². The quantitative estimate of drug-likeness (QED) is 0.581. The Bertz CT molecular complexity index is 187. The van der Waals surface area contributed by atoms with Gasteiger partial charge >= 0.3 is 0 Å². The Labute approximate surface area is 72.0 Å². The topological polar surface area (TPSA) is 12.0 Å². The maximum absolute atomic E-state index is 4.02. The van der Waals surface area contributed by atoms with Crippen LogP contribution in [0.5, 0.6) is 0 Å². The predicted molar refractivity (Wildman–Crippen MR) is 49.5 cm³/mol. The molecule has 0 aliphatic carbocycles. The van der Waals surface area contributed by atoms with Crippen LogP contribution in [-0.4, -0.2) is 5.88 Å². The molecule has 0 saturated heterocycles. The largest absolute Gasteiger partial charge is 0.368 e. The lowest BCUT2D eigenvalue weighted by atomic mass is 10.6. The number of anilines is 1. The van der Waals surface area contributed by atoms with Crippen LogP contribution in [-0.2, 0) is 0 Å². The zero-order valence-corrected chi connectivity index (χ0v) is 7.89. The van der Waals surface area contributed by atoms with Crippen molar-refractivity contribution in [3.63, 3.8) is 0 Å². The third-order valence-corrected chi connectivity index (χ3v) is 2.63. The minimum atomic E-state index is 0.687. The van der Waals surface area contributed by atoms with E-state index in [1.54, 1.807) is 11.3 Å². The molecule has 50 valence electrons. The van der Waals surface area contributed by atoms with Crippen LogP contribution in [0.25, 0.3) is 0 Å². The molecule has 0 unspecified atom stereocenters. The third kappa shape index (κ3) is 2.20. The van der Waals surface area contributed by atoms with E-state index in [0.29, 0.717) is 5.88 Å². The summed E-state index contributed by atoms with van der Waals surface area (Å²) in [5.41, 5.74) is 0. The van der Waals surface area contributed by atoms with Gasteiger partial charge in [0.25, 0.3) is 0 Å². The molecule has 1 aromatic rings. The number of thiophene rings is 1. The van der Waals surface area contributed by atoms with Crippen LogP contribution in [0.2, 0.25) is 0 Å². The average Bonchev–Trinajstić information content (AvgIpc) is 2.17. The fourth-order valence-electron chi connectivity index (χ4n) is 0.484. The summed E-state index contributed by atoms with van der Waals surface area (Å²) in [6.45, 7) is 0. The Kier molecular flexibility index (Phi) is 2.88. The maximum Gasteiger partial charge on any atom is 0.0900 e. The minimum absolute atomic E-state index is 0.687. The molecule has 0 bridgehead atoms. The lowest BCUT2D eigenvalue weighted by Crippen LogP contribution is -1.89. The van der Waals surface area contributed by atoms with Gasteiger partial charge in [-0.25, -0.2) is 0 Å². The first-order chi connectivity index (χ1) is 4.33. The lowest BCUT2D eigenvalue weighted by molar-refractivity contribution is 1.53. The molecule has 1 rings (SSSR count). The summed E-state index contributed by atoms with van der Waals surface area (Å²) in [4.78, 5) is 0. The SMILES string of the molecule is SCNc1cc(Br)cs1. The molecular formula is C5H6BrNS2. The van der Waals surface area contributed by atoms with E-state index in [4.69, 9.17) is 0 Å². The van der Waals surface area contributed by atoms with Gasteiger partial charge in [0.05, 0.1) is 10.9 Å². The lowest BCUT2D eigenvalue weighted by Gasteiger charge is -1.92. The van der Waals surface area contributed by atoms with E-state index in [9.17, 15) is 0 Å². The van der Waals surface area contributed by atoms with Crippen LogP contribution in [0.15, 0.2) is 15.9 Å². The van der Waals surface area contributed by atoms with Crippen molar-refractivity contribution in [3.05, 3.63) is 15.9 Å². The van der Waals surface area contributed by atoms with Crippen LogP contribution in [0.3, 0.4) is 0 Å². The normalized spacial score (nSPS) is 9.56. The van der Waals surface area contributed by atoms with E-state index < -0.39 is 0 Å². The van der Waals surface area contributed by atoms with Crippen molar-refractivity contribution in [3.8, 4) is 0 Å². The van der Waals surface area contributed by atoms with Crippen LogP contribution >= 0.6 is 39.9 Å². The van der Waals surface area contributed by atoms with E-state index in [2.05, 4.69) is 33.9 Å². The van der Waals surface area contributed by atoms with Gasteiger partial charge in [-0.2, -0.15) is 12.6 Å². The summed E-state index contributed by atoms with van der Waals surface area (Å²) >= 11 is 9.04. The molecule has 4 heteroatoms. The number of hydrogen-bond donors (Lipinski definition) is 2. The molecule has 1 heterocycles. The highest BCUT2D eigenvalue weighted by molar-refractivity contribution is 9.10. The van der Waals surface area contributed by atoms with Crippen molar-refractivity contribution in [1.29, 1.82) is 0 Å². The fourth-order valence-corrected chi connectivity index (χ4v) is 2.08. The van der Waals surface area contributed by atoms with Crippen LogP contribution in [0.4, 0.5) is 5.00 Å². The van der Waals surface area contributed by atoms with Gasteiger partial charge in [-0.3, -0.25) is 0 Å². The highest BCUT2D eigenvalue weighted by Crippen LogP contribution is 2.23. The second kappa shape index (κ2) is 3.49. The fraction of sp³-hybridized carbons (Fsp3) is 0.200. The molecule has 0 aliphatic heterocycles.